The predicted octanol–water partition coefficient (Wildman–Crippen LogP) is 5.47. The zero-order valence-electron chi connectivity index (χ0n) is 28.4. The minimum absolute atomic E-state index is 0.0307. The molecule has 10 heteroatoms. The Morgan fingerprint density at radius 1 is 0.604 bits per heavy atom. The molecule has 0 aliphatic carbocycles. The summed E-state index contributed by atoms with van der Waals surface area (Å²) >= 11 is 0. The van der Waals surface area contributed by atoms with Gasteiger partial charge < -0.3 is 38.6 Å². The highest BCUT2D eigenvalue weighted by molar-refractivity contribution is 5.87. The predicted molar refractivity (Wildman–Crippen MR) is 187 cm³/mol. The largest absolute Gasteiger partial charge is 0.460 e. The summed E-state index contributed by atoms with van der Waals surface area (Å²) in [5, 5.41) is 19.1. The summed E-state index contributed by atoms with van der Waals surface area (Å²) in [5.74, 6) is -1.11. The molecular formula is C38H52O10. The molecule has 0 spiro atoms. The molecule has 0 heterocycles. The van der Waals surface area contributed by atoms with Crippen LogP contribution in [0.4, 0.5) is 0 Å². The molecule has 2 rings (SSSR count). The highest BCUT2D eigenvalue weighted by atomic mass is 16.6. The Hall–Kier alpha value is -3.90. The van der Waals surface area contributed by atoms with Crippen LogP contribution >= 0.6 is 0 Å². The van der Waals surface area contributed by atoms with Crippen LogP contribution in [0.2, 0.25) is 0 Å². The van der Waals surface area contributed by atoms with E-state index in [1.165, 1.54) is 25.0 Å². The van der Waals surface area contributed by atoms with E-state index in [4.69, 9.17) is 28.4 Å². The van der Waals surface area contributed by atoms with Crippen LogP contribution in [0.25, 0.3) is 12.2 Å². The minimum atomic E-state index is -0.908. The van der Waals surface area contributed by atoms with Crippen molar-refractivity contribution in [3.63, 3.8) is 0 Å². The van der Waals surface area contributed by atoms with Gasteiger partial charge in [0.2, 0.25) is 0 Å². The number of aliphatic hydroxyl groups is 2. The number of carbonyl (C=O) groups is 2. The maximum atomic E-state index is 11.1. The van der Waals surface area contributed by atoms with E-state index < -0.39 is 24.1 Å². The van der Waals surface area contributed by atoms with Gasteiger partial charge in [0.15, 0.2) is 0 Å². The van der Waals surface area contributed by atoms with Gasteiger partial charge in [0.25, 0.3) is 0 Å². The van der Waals surface area contributed by atoms with E-state index in [0.717, 1.165) is 17.5 Å². The van der Waals surface area contributed by atoms with Crippen molar-refractivity contribution in [3.8, 4) is 0 Å². The van der Waals surface area contributed by atoms with Crippen LogP contribution in [0, 0.1) is 0 Å². The average molecular weight is 669 g/mol. The van der Waals surface area contributed by atoms with Crippen molar-refractivity contribution in [2.45, 2.75) is 52.1 Å². The molecule has 10 nitrogen and oxygen atoms in total. The Bertz CT molecular complexity index is 1140. The van der Waals surface area contributed by atoms with Crippen molar-refractivity contribution >= 4 is 24.1 Å². The number of carbonyl (C=O) groups excluding carboxylic acids is 2. The molecule has 0 aromatic heterocycles. The van der Waals surface area contributed by atoms with Gasteiger partial charge in [-0.1, -0.05) is 87.0 Å². The van der Waals surface area contributed by atoms with E-state index in [-0.39, 0.29) is 37.6 Å². The third kappa shape index (κ3) is 21.1. The Kier molecular flexibility index (Phi) is 22.9. The lowest BCUT2D eigenvalue weighted by molar-refractivity contribution is -0.143. The number of hydrogen-bond donors (Lipinski definition) is 2. The zero-order chi connectivity index (χ0) is 35.6. The van der Waals surface area contributed by atoms with E-state index in [0.29, 0.717) is 46.1 Å². The third-order valence-electron chi connectivity index (χ3n) is 6.25. The van der Waals surface area contributed by atoms with E-state index in [9.17, 15) is 19.8 Å². The van der Waals surface area contributed by atoms with Crippen LogP contribution in [0.15, 0.2) is 86.0 Å². The molecule has 0 saturated carbocycles. The molecule has 0 bridgehead atoms. The summed E-state index contributed by atoms with van der Waals surface area (Å²) in [6.45, 7) is 20.5. The van der Waals surface area contributed by atoms with E-state index in [2.05, 4.69) is 50.6 Å². The summed E-state index contributed by atoms with van der Waals surface area (Å²) in [6.07, 6.45) is 3.31. The van der Waals surface area contributed by atoms with Crippen LogP contribution < -0.4 is 0 Å². The maximum absolute atomic E-state index is 11.1. The quantitative estimate of drug-likeness (QED) is 0.0845. The third-order valence-corrected chi connectivity index (χ3v) is 6.25. The van der Waals surface area contributed by atoms with Crippen LogP contribution in [-0.2, 0) is 51.2 Å². The van der Waals surface area contributed by atoms with Gasteiger partial charge in [-0.3, -0.25) is 0 Å². The monoisotopic (exact) mass is 668 g/mol. The Morgan fingerprint density at radius 3 is 1.25 bits per heavy atom. The molecule has 0 aliphatic rings. The Morgan fingerprint density at radius 2 is 0.938 bits per heavy atom. The van der Waals surface area contributed by atoms with Crippen molar-refractivity contribution in [2.75, 3.05) is 52.9 Å². The molecule has 2 aromatic carbocycles. The standard InChI is InChI=1S/C21H24O2.C17H28O8/c1-3-18-6-10-20(11-7-18)16-22-14-5-15-23-17-21-12-8-19(4-2)9-13-21;1-12(2)16(20)24-10-14(18)8-22-6-5-7-23-9-15(19)11-25-17(21)13(3)4/h3-4,6-13H,1-2,5,14-17H2;14-15,18-19H,1,3,5-11H2,2,4H3. The van der Waals surface area contributed by atoms with Gasteiger partial charge in [-0.15, -0.1) is 0 Å². The summed E-state index contributed by atoms with van der Waals surface area (Å²) in [5.41, 5.74) is 5.15. The van der Waals surface area contributed by atoms with Crippen molar-refractivity contribution in [1.29, 1.82) is 0 Å². The fourth-order valence-corrected chi connectivity index (χ4v) is 3.53. The molecular weight excluding hydrogens is 616 g/mol. The second-order valence-corrected chi connectivity index (χ2v) is 10.9. The normalized spacial score (nSPS) is 11.8. The van der Waals surface area contributed by atoms with Crippen molar-refractivity contribution in [2.24, 2.45) is 0 Å². The second-order valence-electron chi connectivity index (χ2n) is 10.9. The molecule has 2 atom stereocenters. The van der Waals surface area contributed by atoms with Crippen LogP contribution in [0.3, 0.4) is 0 Å². The van der Waals surface area contributed by atoms with E-state index in [1.807, 2.05) is 36.4 Å². The molecule has 0 radical (unpaired) electrons. The number of ether oxygens (including phenoxy) is 6. The van der Waals surface area contributed by atoms with Gasteiger partial charge in [0.05, 0.1) is 26.4 Å². The van der Waals surface area contributed by atoms with Gasteiger partial charge in [-0.2, -0.15) is 0 Å². The number of hydrogen-bond acceptors (Lipinski definition) is 10. The Balaban J connectivity index is 0.000000481. The van der Waals surface area contributed by atoms with Crippen molar-refractivity contribution < 1.29 is 48.2 Å². The highest BCUT2D eigenvalue weighted by Crippen LogP contribution is 2.08. The van der Waals surface area contributed by atoms with Gasteiger partial charge in [-0.25, -0.2) is 9.59 Å². The SMILES string of the molecule is C=C(C)C(=O)OCC(O)COCCCOCC(O)COC(=O)C(=C)C.C=Cc1ccc(COCCCOCc2ccc(C=C)cc2)cc1. The molecule has 2 unspecified atom stereocenters. The first-order chi connectivity index (χ1) is 23.0. The minimum Gasteiger partial charge on any atom is -0.460 e. The highest BCUT2D eigenvalue weighted by Gasteiger charge is 2.11. The molecule has 0 aliphatic heterocycles. The van der Waals surface area contributed by atoms with Gasteiger partial charge >= 0.3 is 11.9 Å². The maximum Gasteiger partial charge on any atom is 0.333 e. The first-order valence-corrected chi connectivity index (χ1v) is 15.8. The van der Waals surface area contributed by atoms with E-state index >= 15 is 0 Å². The fraction of sp³-hybridized carbons (Fsp3) is 0.421. The molecule has 48 heavy (non-hydrogen) atoms. The van der Waals surface area contributed by atoms with Crippen molar-refractivity contribution in [3.05, 3.63) is 108 Å². The lowest BCUT2D eigenvalue weighted by Crippen LogP contribution is -2.25. The first-order valence-electron chi connectivity index (χ1n) is 15.8. The second kappa shape index (κ2) is 26.1. The van der Waals surface area contributed by atoms with Crippen LogP contribution in [0.1, 0.15) is 48.9 Å². The van der Waals surface area contributed by atoms with Gasteiger partial charge in [0, 0.05) is 37.6 Å². The number of esters is 2. The average Bonchev–Trinajstić information content (AvgIpc) is 3.09. The molecule has 2 aromatic rings. The van der Waals surface area contributed by atoms with Crippen LogP contribution in [0.5, 0.6) is 0 Å². The lowest BCUT2D eigenvalue weighted by atomic mass is 10.1. The molecule has 0 saturated heterocycles. The van der Waals surface area contributed by atoms with Gasteiger partial charge in [0.1, 0.15) is 25.4 Å². The molecule has 2 N–H and O–H groups in total. The zero-order valence-corrected chi connectivity index (χ0v) is 28.4. The first kappa shape index (κ1) is 42.1. The molecule has 0 amide bonds. The van der Waals surface area contributed by atoms with Crippen LogP contribution in [-0.4, -0.2) is 87.2 Å². The smallest absolute Gasteiger partial charge is 0.333 e. The summed E-state index contributed by atoms with van der Waals surface area (Å²) in [4.78, 5) is 22.2. The summed E-state index contributed by atoms with van der Waals surface area (Å²) in [7, 11) is 0. The summed E-state index contributed by atoms with van der Waals surface area (Å²) < 4.78 is 31.3. The molecule has 0 fully saturated rings. The van der Waals surface area contributed by atoms with E-state index in [1.54, 1.807) is 0 Å². The molecule has 264 valence electrons. The van der Waals surface area contributed by atoms with Gasteiger partial charge in [-0.05, 0) is 48.9 Å². The summed E-state index contributed by atoms with van der Waals surface area (Å²) in [6, 6.07) is 16.5. The van der Waals surface area contributed by atoms with Crippen molar-refractivity contribution in [1.82, 2.24) is 0 Å². The fourth-order valence-electron chi connectivity index (χ4n) is 3.53. The number of rotatable bonds is 24. The number of aliphatic hydroxyl groups excluding tert-OH is 2. The topological polar surface area (TPSA) is 130 Å². The lowest BCUT2D eigenvalue weighted by Gasteiger charge is -2.13. The number of benzene rings is 2. The Labute approximate surface area is 285 Å².